The van der Waals surface area contributed by atoms with Crippen LogP contribution in [0.4, 0.5) is 0 Å². The summed E-state index contributed by atoms with van der Waals surface area (Å²) in [5.74, 6) is 5.72. The molecule has 4 aromatic carbocycles. The topological polar surface area (TPSA) is 73.8 Å². The number of hydrogen-bond acceptors (Lipinski definition) is 8. The van der Waals surface area contributed by atoms with Crippen molar-refractivity contribution in [1.29, 1.82) is 0 Å². The Morgan fingerprint density at radius 2 is 0.738 bits per heavy atom. The van der Waals surface area contributed by atoms with E-state index in [-0.39, 0.29) is 0 Å². The molecule has 42 heavy (non-hydrogen) atoms. The summed E-state index contributed by atoms with van der Waals surface area (Å²) in [7, 11) is 9.71. The van der Waals surface area contributed by atoms with Crippen molar-refractivity contribution in [3.8, 4) is 57.5 Å². The minimum absolute atomic E-state index is 0.515. The van der Waals surface area contributed by atoms with E-state index in [0.717, 1.165) is 35.1 Å². The van der Waals surface area contributed by atoms with E-state index in [0.29, 0.717) is 70.3 Å². The van der Waals surface area contributed by atoms with Gasteiger partial charge in [0.1, 0.15) is 0 Å². The Labute approximate surface area is 246 Å². The van der Waals surface area contributed by atoms with Crippen LogP contribution in [-0.4, -0.2) is 42.7 Å². The minimum atomic E-state index is 0.515. The smallest absolute Gasteiger partial charge is 0.203 e. The van der Waals surface area contributed by atoms with Gasteiger partial charge < -0.3 is 37.9 Å². The van der Waals surface area contributed by atoms with Crippen LogP contribution in [0.25, 0.3) is 0 Å². The molecule has 0 radical (unpaired) electrons. The highest BCUT2D eigenvalue weighted by molar-refractivity contribution is 5.58. The van der Waals surface area contributed by atoms with E-state index < -0.39 is 0 Å². The SMILES string of the molecule is COc1ccc2cc1Oc1cc(cc(OC)c1OC)CCc1ccc(OC)c(c1)Oc1cc(cc(OC)c1OC)CC2. The summed E-state index contributed by atoms with van der Waals surface area (Å²) >= 11 is 0. The van der Waals surface area contributed by atoms with Crippen molar-refractivity contribution in [3.05, 3.63) is 82.9 Å². The van der Waals surface area contributed by atoms with Gasteiger partial charge in [-0.05, 0) is 96.5 Å². The van der Waals surface area contributed by atoms with Gasteiger partial charge in [0.25, 0.3) is 0 Å². The van der Waals surface area contributed by atoms with Crippen molar-refractivity contribution in [1.82, 2.24) is 0 Å². The average molecular weight is 573 g/mol. The van der Waals surface area contributed by atoms with Crippen LogP contribution in [0.15, 0.2) is 60.7 Å². The molecule has 1 heterocycles. The second-order valence-corrected chi connectivity index (χ2v) is 9.83. The molecular weight excluding hydrogens is 536 g/mol. The van der Waals surface area contributed by atoms with E-state index in [1.807, 2.05) is 60.7 Å². The first-order valence-electron chi connectivity index (χ1n) is 13.7. The fraction of sp³-hybridized carbons (Fsp3) is 0.294. The summed E-state index contributed by atoms with van der Waals surface area (Å²) < 4.78 is 47.0. The first-order valence-corrected chi connectivity index (χ1v) is 13.7. The number of methoxy groups -OCH3 is 6. The van der Waals surface area contributed by atoms with Crippen LogP contribution in [-0.2, 0) is 25.7 Å². The zero-order valence-electron chi connectivity index (χ0n) is 24.9. The van der Waals surface area contributed by atoms with Crippen LogP contribution in [0.5, 0.6) is 57.5 Å². The molecule has 8 heteroatoms. The first kappa shape index (κ1) is 28.8. The number of ether oxygens (including phenoxy) is 8. The molecule has 1 aliphatic heterocycles. The van der Waals surface area contributed by atoms with E-state index in [2.05, 4.69) is 0 Å². The molecule has 0 spiro atoms. The van der Waals surface area contributed by atoms with Crippen LogP contribution in [0.1, 0.15) is 22.3 Å². The highest BCUT2D eigenvalue weighted by Gasteiger charge is 2.20. The predicted octanol–water partition coefficient (Wildman–Crippen LogP) is 7.21. The highest BCUT2D eigenvalue weighted by Crippen LogP contribution is 2.45. The van der Waals surface area contributed by atoms with Gasteiger partial charge in [-0.2, -0.15) is 0 Å². The molecule has 0 aromatic heterocycles. The predicted molar refractivity (Wildman–Crippen MR) is 160 cm³/mol. The molecule has 0 atom stereocenters. The van der Waals surface area contributed by atoms with E-state index in [4.69, 9.17) is 37.9 Å². The summed E-state index contributed by atoms with van der Waals surface area (Å²) in [4.78, 5) is 0. The van der Waals surface area contributed by atoms with Crippen molar-refractivity contribution >= 4 is 0 Å². The molecule has 0 saturated heterocycles. The van der Waals surface area contributed by atoms with Crippen molar-refractivity contribution in [2.75, 3.05) is 42.7 Å². The molecule has 5 rings (SSSR count). The largest absolute Gasteiger partial charge is 0.493 e. The van der Waals surface area contributed by atoms with E-state index >= 15 is 0 Å². The molecule has 0 unspecified atom stereocenters. The van der Waals surface area contributed by atoms with Gasteiger partial charge >= 0.3 is 0 Å². The summed E-state index contributed by atoms with van der Waals surface area (Å²) in [6.07, 6.45) is 2.89. The van der Waals surface area contributed by atoms with Gasteiger partial charge in [-0.3, -0.25) is 0 Å². The number of rotatable bonds is 6. The first-order chi connectivity index (χ1) is 20.5. The normalized spacial score (nSPS) is 12.5. The fourth-order valence-electron chi connectivity index (χ4n) is 5.13. The maximum Gasteiger partial charge on any atom is 0.203 e. The lowest BCUT2D eigenvalue weighted by Gasteiger charge is -2.19. The molecule has 8 nitrogen and oxygen atoms in total. The minimum Gasteiger partial charge on any atom is -0.493 e. The summed E-state index contributed by atoms with van der Waals surface area (Å²) in [5.41, 5.74) is 4.19. The van der Waals surface area contributed by atoms with Crippen molar-refractivity contribution in [3.63, 3.8) is 0 Å². The zero-order chi connectivity index (χ0) is 29.6. The maximum atomic E-state index is 6.47. The molecule has 0 amide bonds. The lowest BCUT2D eigenvalue weighted by atomic mass is 10.0. The van der Waals surface area contributed by atoms with Crippen molar-refractivity contribution in [2.45, 2.75) is 25.7 Å². The monoisotopic (exact) mass is 572 g/mol. The second kappa shape index (κ2) is 12.9. The Bertz CT molecular complexity index is 1450. The van der Waals surface area contributed by atoms with Gasteiger partial charge in [-0.1, -0.05) is 12.1 Å². The molecule has 0 saturated carbocycles. The average Bonchev–Trinajstić information content (AvgIpc) is 3.02. The molecule has 1 aliphatic rings. The van der Waals surface area contributed by atoms with E-state index in [1.54, 1.807) is 42.7 Å². The standard InChI is InChI=1S/C34H36O8/c1-35-25-13-11-21-7-9-24-18-30(38-4)34(40-6)32(20-24)42-28-16-22(12-14-26(28)36-2)8-10-23-17-29(37-3)33(39-5)31(19-23)41-27(25)15-21/h11-20H,7-10H2,1-6H3. The third kappa shape index (κ3) is 5.98. The Balaban J connectivity index is 1.66. The molecule has 0 fully saturated rings. The van der Waals surface area contributed by atoms with Gasteiger partial charge in [0.15, 0.2) is 46.0 Å². The molecule has 220 valence electrons. The number of aryl methyl sites for hydroxylation is 4. The summed E-state index contributed by atoms with van der Waals surface area (Å²) in [6, 6.07) is 19.8. The zero-order valence-corrected chi connectivity index (χ0v) is 24.9. The molecular formula is C34H36O8. The Morgan fingerprint density at radius 1 is 0.381 bits per heavy atom. The van der Waals surface area contributed by atoms with Gasteiger partial charge in [0.2, 0.25) is 11.5 Å². The molecule has 4 aromatic rings. The van der Waals surface area contributed by atoms with Gasteiger partial charge in [-0.15, -0.1) is 0 Å². The van der Waals surface area contributed by atoms with Gasteiger partial charge in [0, 0.05) is 0 Å². The highest BCUT2D eigenvalue weighted by atomic mass is 16.6. The molecule has 0 aliphatic carbocycles. The lowest BCUT2D eigenvalue weighted by Crippen LogP contribution is -2.02. The quantitative estimate of drug-likeness (QED) is 0.240. The van der Waals surface area contributed by atoms with Crippen LogP contribution in [0.2, 0.25) is 0 Å². The van der Waals surface area contributed by atoms with Crippen molar-refractivity contribution in [2.24, 2.45) is 0 Å². The van der Waals surface area contributed by atoms with Crippen LogP contribution in [0, 0.1) is 0 Å². The third-order valence-electron chi connectivity index (χ3n) is 7.31. The number of fused-ring (bicyclic) bond motifs is 8. The third-order valence-corrected chi connectivity index (χ3v) is 7.31. The Kier molecular flexibility index (Phi) is 8.81. The molecule has 0 N–H and O–H groups in total. The van der Waals surface area contributed by atoms with E-state index in [1.165, 1.54) is 0 Å². The number of benzene rings is 4. The van der Waals surface area contributed by atoms with Gasteiger partial charge in [0.05, 0.1) is 42.7 Å². The maximum absolute atomic E-state index is 6.47. The second-order valence-electron chi connectivity index (χ2n) is 9.83. The molecule has 8 bridgehead atoms. The summed E-state index contributed by atoms with van der Waals surface area (Å²) in [6.45, 7) is 0. The number of hydrogen-bond donors (Lipinski definition) is 0. The Morgan fingerprint density at radius 3 is 1.10 bits per heavy atom. The fourth-order valence-corrected chi connectivity index (χ4v) is 5.13. The van der Waals surface area contributed by atoms with Gasteiger partial charge in [-0.25, -0.2) is 0 Å². The summed E-state index contributed by atoms with van der Waals surface area (Å²) in [5, 5.41) is 0. The van der Waals surface area contributed by atoms with Crippen LogP contribution in [0.3, 0.4) is 0 Å². The van der Waals surface area contributed by atoms with Crippen molar-refractivity contribution < 1.29 is 37.9 Å². The van der Waals surface area contributed by atoms with Crippen LogP contribution < -0.4 is 37.9 Å². The Hall–Kier alpha value is -4.72. The van der Waals surface area contributed by atoms with E-state index in [9.17, 15) is 0 Å². The lowest BCUT2D eigenvalue weighted by molar-refractivity contribution is 0.328. The van der Waals surface area contributed by atoms with Crippen LogP contribution >= 0.6 is 0 Å².